The molecule has 2 amide bonds. The predicted octanol–water partition coefficient (Wildman–Crippen LogP) is 4.56. The summed E-state index contributed by atoms with van der Waals surface area (Å²) in [4.78, 5) is 36.9. The van der Waals surface area contributed by atoms with Crippen molar-refractivity contribution in [1.82, 2.24) is 0 Å². The van der Waals surface area contributed by atoms with E-state index in [4.69, 9.17) is 9.15 Å². The summed E-state index contributed by atoms with van der Waals surface area (Å²) in [6.07, 6.45) is 1.40. The molecule has 0 aliphatic heterocycles. The number of hydrogen-bond acceptors (Lipinski definition) is 5. The summed E-state index contributed by atoms with van der Waals surface area (Å²) in [6.45, 7) is 7.18. The van der Waals surface area contributed by atoms with E-state index < -0.39 is 24.4 Å². The minimum Gasteiger partial charge on any atom is -0.459 e. The summed E-state index contributed by atoms with van der Waals surface area (Å²) in [7, 11) is 0. The van der Waals surface area contributed by atoms with Gasteiger partial charge in [-0.2, -0.15) is 0 Å². The van der Waals surface area contributed by atoms with Crippen molar-refractivity contribution in [2.45, 2.75) is 27.7 Å². The van der Waals surface area contributed by atoms with Crippen LogP contribution in [0.4, 0.5) is 11.4 Å². The topological polar surface area (TPSA) is 97.6 Å². The summed E-state index contributed by atoms with van der Waals surface area (Å²) in [6, 6.07) is 11.9. The summed E-state index contributed by atoms with van der Waals surface area (Å²) in [5.41, 5.74) is 5.13. The number of ether oxygens (including phenoxy) is 1. The zero-order valence-electron chi connectivity index (χ0n) is 17.9. The SMILES string of the molecule is Cc1cc(C)c(NC(=O)COC(=O)c2ccc(C)c(NC(=O)c3ccco3)c2)c(C)c1. The number of carbonyl (C=O) groups is 3. The van der Waals surface area contributed by atoms with Gasteiger partial charge in [0.15, 0.2) is 12.4 Å². The van der Waals surface area contributed by atoms with Crippen LogP contribution in [0.1, 0.15) is 43.2 Å². The highest BCUT2D eigenvalue weighted by Gasteiger charge is 2.15. The first-order valence-corrected chi connectivity index (χ1v) is 9.75. The fourth-order valence-corrected chi connectivity index (χ4v) is 3.24. The molecule has 2 aromatic carbocycles. The van der Waals surface area contributed by atoms with Gasteiger partial charge in [-0.3, -0.25) is 9.59 Å². The molecule has 2 N–H and O–H groups in total. The predicted molar refractivity (Wildman–Crippen MR) is 117 cm³/mol. The van der Waals surface area contributed by atoms with E-state index >= 15 is 0 Å². The maximum Gasteiger partial charge on any atom is 0.338 e. The number of esters is 1. The second-order valence-corrected chi connectivity index (χ2v) is 7.36. The van der Waals surface area contributed by atoms with E-state index in [0.29, 0.717) is 11.4 Å². The number of benzene rings is 2. The Hall–Kier alpha value is -3.87. The maximum absolute atomic E-state index is 12.4. The summed E-state index contributed by atoms with van der Waals surface area (Å²) in [5, 5.41) is 5.49. The Bertz CT molecular complexity index is 1110. The second-order valence-electron chi connectivity index (χ2n) is 7.36. The van der Waals surface area contributed by atoms with Crippen LogP contribution in [-0.4, -0.2) is 24.4 Å². The highest BCUT2D eigenvalue weighted by atomic mass is 16.5. The van der Waals surface area contributed by atoms with Crippen LogP contribution in [0.2, 0.25) is 0 Å². The summed E-state index contributed by atoms with van der Waals surface area (Å²) in [5.74, 6) is -1.37. The Balaban J connectivity index is 1.63. The first kappa shape index (κ1) is 21.8. The van der Waals surface area contributed by atoms with Crippen LogP contribution >= 0.6 is 0 Å². The van der Waals surface area contributed by atoms with Crippen molar-refractivity contribution in [1.29, 1.82) is 0 Å². The van der Waals surface area contributed by atoms with Gasteiger partial charge >= 0.3 is 5.97 Å². The van der Waals surface area contributed by atoms with E-state index in [1.165, 1.54) is 12.3 Å². The number of amides is 2. The van der Waals surface area contributed by atoms with Crippen LogP contribution in [0.3, 0.4) is 0 Å². The smallest absolute Gasteiger partial charge is 0.338 e. The minimum atomic E-state index is -0.666. The molecular formula is C24H24N2O5. The minimum absolute atomic E-state index is 0.158. The van der Waals surface area contributed by atoms with Gasteiger partial charge in [0.25, 0.3) is 11.8 Å². The molecule has 0 saturated heterocycles. The number of hydrogen-bond donors (Lipinski definition) is 2. The van der Waals surface area contributed by atoms with E-state index in [-0.39, 0.29) is 11.3 Å². The third-order valence-electron chi connectivity index (χ3n) is 4.74. The second kappa shape index (κ2) is 9.30. The quantitative estimate of drug-likeness (QED) is 0.570. The van der Waals surface area contributed by atoms with Crippen LogP contribution in [0.5, 0.6) is 0 Å². The normalized spacial score (nSPS) is 10.5. The van der Waals surface area contributed by atoms with Gasteiger partial charge in [-0.1, -0.05) is 23.8 Å². The van der Waals surface area contributed by atoms with Crippen molar-refractivity contribution in [3.05, 3.63) is 82.3 Å². The molecule has 0 radical (unpaired) electrons. The molecule has 0 aliphatic rings. The fraction of sp³-hybridized carbons (Fsp3) is 0.208. The number of nitrogens with one attached hydrogen (secondary N) is 2. The highest BCUT2D eigenvalue weighted by molar-refractivity contribution is 6.03. The number of furan rings is 1. The van der Waals surface area contributed by atoms with Gasteiger partial charge in [-0.25, -0.2) is 4.79 Å². The lowest BCUT2D eigenvalue weighted by Crippen LogP contribution is -2.22. The molecule has 0 bridgehead atoms. The van der Waals surface area contributed by atoms with Gasteiger partial charge < -0.3 is 19.8 Å². The van der Waals surface area contributed by atoms with Crippen LogP contribution in [0, 0.1) is 27.7 Å². The standard InChI is InChI=1S/C24H24N2O5/c1-14-10-16(3)22(17(4)11-14)26-21(27)13-31-24(29)18-8-7-15(2)19(12-18)25-23(28)20-6-5-9-30-20/h5-12H,13H2,1-4H3,(H,25,28)(H,26,27). The van der Waals surface area contributed by atoms with E-state index in [2.05, 4.69) is 10.6 Å². The molecule has 0 atom stereocenters. The summed E-state index contributed by atoms with van der Waals surface area (Å²) >= 11 is 0. The Kier molecular flexibility index (Phi) is 6.55. The van der Waals surface area contributed by atoms with E-state index in [1.54, 1.807) is 31.2 Å². The Morgan fingerprint density at radius 2 is 1.61 bits per heavy atom. The lowest BCUT2D eigenvalue weighted by Gasteiger charge is -2.13. The third-order valence-corrected chi connectivity index (χ3v) is 4.74. The van der Waals surface area contributed by atoms with Crippen molar-refractivity contribution < 1.29 is 23.5 Å². The monoisotopic (exact) mass is 420 g/mol. The lowest BCUT2D eigenvalue weighted by molar-refractivity contribution is -0.119. The first-order valence-electron chi connectivity index (χ1n) is 9.75. The maximum atomic E-state index is 12.4. The third kappa shape index (κ3) is 5.39. The average Bonchev–Trinajstić information content (AvgIpc) is 3.25. The van der Waals surface area contributed by atoms with Crippen LogP contribution in [0.25, 0.3) is 0 Å². The molecule has 31 heavy (non-hydrogen) atoms. The van der Waals surface area contributed by atoms with Crippen LogP contribution in [0.15, 0.2) is 53.1 Å². The largest absolute Gasteiger partial charge is 0.459 e. The summed E-state index contributed by atoms with van der Waals surface area (Å²) < 4.78 is 10.2. The van der Waals surface area contributed by atoms with Crippen molar-refractivity contribution in [3.63, 3.8) is 0 Å². The molecule has 7 nitrogen and oxygen atoms in total. The molecule has 0 saturated carbocycles. The number of rotatable bonds is 6. The van der Waals surface area contributed by atoms with Crippen molar-refractivity contribution in [2.24, 2.45) is 0 Å². The van der Waals surface area contributed by atoms with E-state index in [1.807, 2.05) is 32.9 Å². The zero-order valence-corrected chi connectivity index (χ0v) is 17.9. The van der Waals surface area contributed by atoms with Gasteiger partial charge in [0.1, 0.15) is 0 Å². The van der Waals surface area contributed by atoms with Gasteiger partial charge in [-0.05, 0) is 68.7 Å². The van der Waals surface area contributed by atoms with Gasteiger partial charge in [-0.15, -0.1) is 0 Å². The van der Waals surface area contributed by atoms with Gasteiger partial charge in [0.2, 0.25) is 0 Å². The van der Waals surface area contributed by atoms with Gasteiger partial charge in [0, 0.05) is 11.4 Å². The van der Waals surface area contributed by atoms with Crippen LogP contribution < -0.4 is 10.6 Å². The molecule has 0 unspecified atom stereocenters. The van der Waals surface area contributed by atoms with Crippen molar-refractivity contribution in [3.8, 4) is 0 Å². The van der Waals surface area contributed by atoms with E-state index in [0.717, 1.165) is 22.3 Å². The molecule has 1 heterocycles. The fourth-order valence-electron chi connectivity index (χ4n) is 3.24. The molecule has 0 spiro atoms. The lowest BCUT2D eigenvalue weighted by atomic mass is 10.1. The number of carbonyl (C=O) groups excluding carboxylic acids is 3. The number of aryl methyl sites for hydroxylation is 4. The Morgan fingerprint density at radius 1 is 0.903 bits per heavy atom. The number of anilines is 2. The molecular weight excluding hydrogens is 396 g/mol. The van der Waals surface area contributed by atoms with Crippen molar-refractivity contribution in [2.75, 3.05) is 17.2 Å². The molecule has 3 rings (SSSR count). The zero-order chi connectivity index (χ0) is 22.5. The molecule has 0 aliphatic carbocycles. The molecule has 1 aromatic heterocycles. The highest BCUT2D eigenvalue weighted by Crippen LogP contribution is 2.22. The Labute approximate surface area is 180 Å². The molecule has 3 aromatic rings. The Morgan fingerprint density at radius 3 is 2.26 bits per heavy atom. The molecule has 7 heteroatoms. The molecule has 160 valence electrons. The van der Waals surface area contributed by atoms with Crippen molar-refractivity contribution >= 4 is 29.2 Å². The first-order chi connectivity index (χ1) is 14.7. The average molecular weight is 420 g/mol. The molecule has 0 fully saturated rings. The van der Waals surface area contributed by atoms with Gasteiger partial charge in [0.05, 0.1) is 11.8 Å². The van der Waals surface area contributed by atoms with Crippen LogP contribution in [-0.2, 0) is 9.53 Å². The van der Waals surface area contributed by atoms with E-state index in [9.17, 15) is 14.4 Å².